The standard InChI is InChI=1S/C29H32N2.C23H25N/c1-8-9-15-27(22(4)5)29(30-7)23(6)28(26-13-11-10-12-14-26)31-20-24-16-18-25(19-17-24)21(2)3;1-5-10-22(11-6-2)23-16-14-21(15-17-23)19(4)24-18(3)20-12-8-7-9-13-20/h8-19H,1-2,7,20H2,3-6H3;5,7-17H,3,6H2,1-2,4H3/b15-9-,29-23-,31-28?;10-5-,22-11+,24-19?. The second kappa shape index (κ2) is 22.8. The Morgan fingerprint density at radius 2 is 1.24 bits per heavy atom. The molecular weight excluding hydrogens is 667 g/mol. The SMILES string of the molecule is C=C(N=C(C)c1ccc(C(/C=C\C)=C/CC)cc1)c1ccccc1.C=C/C=C\C(=C(C)C)/C(N=C)=C(\C)C(=NCc1ccc(C(=C)C)cc1)c1ccccc1. The maximum absolute atomic E-state index is 5.01. The summed E-state index contributed by atoms with van der Waals surface area (Å²) in [5.41, 5.74) is 15.7. The van der Waals surface area contributed by atoms with Crippen molar-refractivity contribution >= 4 is 35.0 Å². The fourth-order valence-corrected chi connectivity index (χ4v) is 5.80. The van der Waals surface area contributed by atoms with Crippen LogP contribution in [0.15, 0.2) is 203 Å². The van der Waals surface area contributed by atoms with Gasteiger partial charge in [-0.05, 0) is 93.6 Å². The maximum atomic E-state index is 5.01. The van der Waals surface area contributed by atoms with E-state index in [1.165, 1.54) is 11.1 Å². The van der Waals surface area contributed by atoms with Crippen LogP contribution in [0.5, 0.6) is 0 Å². The number of aliphatic imine (C=N–C) groups is 3. The molecule has 0 saturated heterocycles. The zero-order valence-electron chi connectivity index (χ0n) is 33.9. The van der Waals surface area contributed by atoms with E-state index in [0.717, 1.165) is 79.3 Å². The Labute approximate surface area is 331 Å². The molecule has 3 heteroatoms. The third kappa shape index (κ3) is 13.3. The van der Waals surface area contributed by atoms with Gasteiger partial charge in [0.05, 0.1) is 23.7 Å². The lowest BCUT2D eigenvalue weighted by molar-refractivity contribution is 1.06. The minimum absolute atomic E-state index is 0.578. The van der Waals surface area contributed by atoms with Gasteiger partial charge in [0, 0.05) is 16.8 Å². The summed E-state index contributed by atoms with van der Waals surface area (Å²) >= 11 is 0. The Morgan fingerprint density at radius 1 is 0.673 bits per heavy atom. The quantitative estimate of drug-likeness (QED) is 0.0865. The van der Waals surface area contributed by atoms with Crippen LogP contribution < -0.4 is 0 Å². The Bertz CT molecular complexity index is 2130. The van der Waals surface area contributed by atoms with Gasteiger partial charge in [0.1, 0.15) is 0 Å². The minimum atomic E-state index is 0.578. The van der Waals surface area contributed by atoms with Gasteiger partial charge < -0.3 is 0 Å². The van der Waals surface area contributed by atoms with Crippen molar-refractivity contribution in [2.45, 2.75) is 61.4 Å². The fourth-order valence-electron chi connectivity index (χ4n) is 5.80. The Hall–Kier alpha value is -6.19. The first-order chi connectivity index (χ1) is 26.5. The molecule has 3 nitrogen and oxygen atoms in total. The molecule has 0 aliphatic heterocycles. The first-order valence-electron chi connectivity index (χ1n) is 18.8. The average Bonchev–Trinajstić information content (AvgIpc) is 3.20. The molecule has 0 aliphatic carbocycles. The largest absolute Gasteiger partial charge is 0.280 e. The number of benzene rings is 4. The lowest BCUT2D eigenvalue weighted by Gasteiger charge is -2.14. The van der Waals surface area contributed by atoms with Gasteiger partial charge in [-0.15, -0.1) is 0 Å². The lowest BCUT2D eigenvalue weighted by atomic mass is 9.96. The molecule has 0 aromatic heterocycles. The van der Waals surface area contributed by atoms with Crippen molar-refractivity contribution in [1.29, 1.82) is 0 Å². The van der Waals surface area contributed by atoms with Gasteiger partial charge in [-0.2, -0.15) is 0 Å². The highest BCUT2D eigenvalue weighted by atomic mass is 14.8. The smallest absolute Gasteiger partial charge is 0.0744 e. The van der Waals surface area contributed by atoms with Crippen LogP contribution in [0.4, 0.5) is 0 Å². The van der Waals surface area contributed by atoms with Gasteiger partial charge in [0.15, 0.2) is 0 Å². The van der Waals surface area contributed by atoms with E-state index < -0.39 is 0 Å². The zero-order chi connectivity index (χ0) is 40.2. The van der Waals surface area contributed by atoms with E-state index in [0.29, 0.717) is 6.54 Å². The van der Waals surface area contributed by atoms with Gasteiger partial charge in [-0.1, -0.05) is 183 Å². The molecule has 0 spiro atoms. The third-order valence-electron chi connectivity index (χ3n) is 8.79. The number of allylic oxidation sites excluding steroid dienone is 10. The molecule has 0 radical (unpaired) electrons. The minimum Gasteiger partial charge on any atom is -0.280 e. The monoisotopic (exact) mass is 723 g/mol. The van der Waals surface area contributed by atoms with Crippen molar-refractivity contribution in [3.63, 3.8) is 0 Å². The van der Waals surface area contributed by atoms with E-state index in [-0.39, 0.29) is 0 Å². The zero-order valence-corrected chi connectivity index (χ0v) is 33.9. The normalized spacial score (nSPS) is 12.5. The molecule has 0 amide bonds. The summed E-state index contributed by atoms with van der Waals surface area (Å²) < 4.78 is 0. The molecule has 0 saturated carbocycles. The molecule has 0 atom stereocenters. The molecule has 0 N–H and O–H groups in total. The van der Waals surface area contributed by atoms with Gasteiger partial charge in [-0.3, -0.25) is 15.0 Å². The molecule has 280 valence electrons. The van der Waals surface area contributed by atoms with E-state index >= 15 is 0 Å². The Kier molecular flexibility index (Phi) is 17.9. The second-order valence-electron chi connectivity index (χ2n) is 13.3. The van der Waals surface area contributed by atoms with Crippen molar-refractivity contribution in [2.24, 2.45) is 15.0 Å². The predicted octanol–water partition coefficient (Wildman–Crippen LogP) is 14.3. The highest BCUT2D eigenvalue weighted by Crippen LogP contribution is 2.25. The fraction of sp³-hybridized carbons (Fsp3) is 0.173. The predicted molar refractivity (Wildman–Crippen MR) is 245 cm³/mol. The Balaban J connectivity index is 0.000000305. The van der Waals surface area contributed by atoms with E-state index in [4.69, 9.17) is 4.99 Å². The molecule has 0 aliphatic rings. The summed E-state index contributed by atoms with van der Waals surface area (Å²) in [7, 11) is 0. The van der Waals surface area contributed by atoms with Gasteiger partial charge in [0.2, 0.25) is 0 Å². The first kappa shape index (κ1) is 43.2. The molecular formula is C52H57N3. The molecule has 0 bridgehead atoms. The summed E-state index contributed by atoms with van der Waals surface area (Å²) in [6.07, 6.45) is 13.2. The maximum Gasteiger partial charge on any atom is 0.0744 e. The summed E-state index contributed by atoms with van der Waals surface area (Å²) in [6, 6.07) is 37.2. The van der Waals surface area contributed by atoms with Crippen LogP contribution in [0.2, 0.25) is 0 Å². The molecule has 4 aromatic carbocycles. The molecule has 0 heterocycles. The number of hydrogen-bond donors (Lipinski definition) is 0. The van der Waals surface area contributed by atoms with Crippen LogP contribution in [-0.4, -0.2) is 18.1 Å². The summed E-state index contributed by atoms with van der Waals surface area (Å²) in [5, 5.41) is 0. The summed E-state index contributed by atoms with van der Waals surface area (Å²) in [4.78, 5) is 14.1. The van der Waals surface area contributed by atoms with E-state index in [9.17, 15) is 0 Å². The van der Waals surface area contributed by atoms with Crippen molar-refractivity contribution < 1.29 is 0 Å². The molecule has 4 rings (SSSR count). The number of rotatable bonds is 15. The van der Waals surface area contributed by atoms with Crippen LogP contribution in [0, 0.1) is 0 Å². The number of nitrogens with zero attached hydrogens (tertiary/aromatic N) is 3. The highest BCUT2D eigenvalue weighted by Gasteiger charge is 2.14. The van der Waals surface area contributed by atoms with Crippen LogP contribution in [0.1, 0.15) is 88.3 Å². The topological polar surface area (TPSA) is 37.1 Å². The number of hydrogen-bond acceptors (Lipinski definition) is 3. The summed E-state index contributed by atoms with van der Waals surface area (Å²) in [5.74, 6) is 0. The molecule has 4 aromatic rings. The van der Waals surface area contributed by atoms with Crippen molar-refractivity contribution in [3.8, 4) is 0 Å². The Morgan fingerprint density at radius 3 is 1.75 bits per heavy atom. The van der Waals surface area contributed by atoms with Crippen LogP contribution in [0.3, 0.4) is 0 Å². The third-order valence-corrected chi connectivity index (χ3v) is 8.79. The van der Waals surface area contributed by atoms with Crippen LogP contribution in [-0.2, 0) is 6.54 Å². The van der Waals surface area contributed by atoms with Gasteiger partial charge in [-0.25, -0.2) is 0 Å². The lowest BCUT2D eigenvalue weighted by Crippen LogP contribution is -2.07. The second-order valence-corrected chi connectivity index (χ2v) is 13.3. The van der Waals surface area contributed by atoms with Gasteiger partial charge >= 0.3 is 0 Å². The molecule has 0 fully saturated rings. The van der Waals surface area contributed by atoms with Crippen LogP contribution >= 0.6 is 0 Å². The van der Waals surface area contributed by atoms with Crippen molar-refractivity contribution in [2.75, 3.05) is 0 Å². The van der Waals surface area contributed by atoms with Gasteiger partial charge in [0.25, 0.3) is 0 Å². The first-order valence-corrected chi connectivity index (χ1v) is 18.8. The van der Waals surface area contributed by atoms with Crippen molar-refractivity contribution in [1.82, 2.24) is 0 Å². The highest BCUT2D eigenvalue weighted by molar-refractivity contribution is 6.13. The summed E-state index contributed by atoms with van der Waals surface area (Å²) in [6.45, 7) is 30.7. The molecule has 55 heavy (non-hydrogen) atoms. The van der Waals surface area contributed by atoms with Crippen molar-refractivity contribution in [3.05, 3.63) is 221 Å². The van der Waals surface area contributed by atoms with E-state index in [1.807, 2.05) is 81.5 Å². The van der Waals surface area contributed by atoms with E-state index in [1.54, 1.807) is 6.08 Å². The van der Waals surface area contributed by atoms with E-state index in [2.05, 4.69) is 143 Å². The van der Waals surface area contributed by atoms with Crippen LogP contribution in [0.25, 0.3) is 16.8 Å². The molecule has 0 unspecified atom stereocenters. The average molecular weight is 724 g/mol.